The number of aliphatic hydroxyl groups is 1. The molecule has 0 radical (unpaired) electrons. The first-order chi connectivity index (χ1) is 9.34. The van der Waals surface area contributed by atoms with Crippen molar-refractivity contribution in [1.82, 2.24) is 0 Å². The van der Waals surface area contributed by atoms with Crippen molar-refractivity contribution in [2.24, 2.45) is 0 Å². The van der Waals surface area contributed by atoms with Crippen molar-refractivity contribution < 1.29 is 9.84 Å². The van der Waals surface area contributed by atoms with Gasteiger partial charge in [-0.25, -0.2) is 0 Å². The van der Waals surface area contributed by atoms with Crippen LogP contribution in [0.5, 0.6) is 5.75 Å². The second-order valence-corrected chi connectivity index (χ2v) is 4.36. The SMILES string of the molecule is OC(Oc1cccc2ccccc12)c1ccccc1. The van der Waals surface area contributed by atoms with Gasteiger partial charge < -0.3 is 9.84 Å². The molecule has 3 aromatic carbocycles. The van der Waals surface area contributed by atoms with E-state index in [2.05, 4.69) is 0 Å². The zero-order valence-electron chi connectivity index (χ0n) is 10.4. The lowest BCUT2D eigenvalue weighted by Gasteiger charge is -2.15. The highest BCUT2D eigenvalue weighted by molar-refractivity contribution is 5.88. The Labute approximate surface area is 111 Å². The molecular formula is C17H14O2. The lowest BCUT2D eigenvalue weighted by Crippen LogP contribution is -2.06. The van der Waals surface area contributed by atoms with Crippen LogP contribution in [0, 0.1) is 0 Å². The first-order valence-electron chi connectivity index (χ1n) is 6.22. The molecule has 0 saturated carbocycles. The Morgan fingerprint density at radius 3 is 2.26 bits per heavy atom. The molecule has 0 heterocycles. The summed E-state index contributed by atoms with van der Waals surface area (Å²) in [5, 5.41) is 12.2. The van der Waals surface area contributed by atoms with Crippen LogP contribution in [0.3, 0.4) is 0 Å². The van der Waals surface area contributed by atoms with E-state index in [4.69, 9.17) is 4.74 Å². The van der Waals surface area contributed by atoms with E-state index in [0.717, 1.165) is 16.3 Å². The van der Waals surface area contributed by atoms with E-state index in [0.29, 0.717) is 5.75 Å². The fourth-order valence-corrected chi connectivity index (χ4v) is 2.10. The van der Waals surface area contributed by atoms with Gasteiger partial charge in [0, 0.05) is 10.9 Å². The zero-order chi connectivity index (χ0) is 13.1. The van der Waals surface area contributed by atoms with Crippen LogP contribution < -0.4 is 4.74 Å². The Morgan fingerprint density at radius 2 is 1.42 bits per heavy atom. The quantitative estimate of drug-likeness (QED) is 0.714. The number of aliphatic hydroxyl groups excluding tert-OH is 1. The van der Waals surface area contributed by atoms with Crippen molar-refractivity contribution in [3.05, 3.63) is 78.4 Å². The molecule has 94 valence electrons. The predicted molar refractivity (Wildman–Crippen MR) is 76.0 cm³/mol. The van der Waals surface area contributed by atoms with Gasteiger partial charge in [-0.1, -0.05) is 66.7 Å². The summed E-state index contributed by atoms with van der Waals surface area (Å²) in [7, 11) is 0. The standard InChI is InChI=1S/C17H14O2/c18-17(14-8-2-1-3-9-14)19-16-12-6-10-13-7-4-5-11-15(13)16/h1-12,17-18H. The summed E-state index contributed by atoms with van der Waals surface area (Å²) < 4.78 is 5.67. The molecule has 3 aromatic rings. The van der Waals surface area contributed by atoms with E-state index in [1.54, 1.807) is 0 Å². The van der Waals surface area contributed by atoms with E-state index in [9.17, 15) is 5.11 Å². The third-order valence-corrected chi connectivity index (χ3v) is 3.07. The monoisotopic (exact) mass is 250 g/mol. The summed E-state index contributed by atoms with van der Waals surface area (Å²) in [5.41, 5.74) is 0.746. The van der Waals surface area contributed by atoms with Crippen LogP contribution >= 0.6 is 0 Å². The van der Waals surface area contributed by atoms with Gasteiger partial charge in [0.1, 0.15) is 5.75 Å². The molecule has 0 amide bonds. The Morgan fingerprint density at radius 1 is 0.737 bits per heavy atom. The fourth-order valence-electron chi connectivity index (χ4n) is 2.10. The molecule has 0 aromatic heterocycles. The number of ether oxygens (including phenoxy) is 1. The molecule has 3 rings (SSSR count). The molecule has 2 heteroatoms. The Kier molecular flexibility index (Phi) is 3.17. The first kappa shape index (κ1) is 11.8. The van der Waals surface area contributed by atoms with Gasteiger partial charge in [-0.3, -0.25) is 0 Å². The highest BCUT2D eigenvalue weighted by atomic mass is 16.6. The van der Waals surface area contributed by atoms with Gasteiger partial charge in [0.05, 0.1) is 0 Å². The molecule has 1 N–H and O–H groups in total. The van der Waals surface area contributed by atoms with Crippen LogP contribution in [0.15, 0.2) is 72.8 Å². The van der Waals surface area contributed by atoms with E-state index in [1.165, 1.54) is 0 Å². The van der Waals surface area contributed by atoms with Gasteiger partial charge in [-0.2, -0.15) is 0 Å². The number of benzene rings is 3. The average molecular weight is 250 g/mol. The van der Waals surface area contributed by atoms with Crippen LogP contribution in [-0.2, 0) is 0 Å². The summed E-state index contributed by atoms with van der Waals surface area (Å²) in [4.78, 5) is 0. The maximum absolute atomic E-state index is 10.1. The maximum Gasteiger partial charge on any atom is 0.224 e. The summed E-state index contributed by atoms with van der Waals surface area (Å²) in [6.07, 6.45) is -0.952. The van der Waals surface area contributed by atoms with Crippen molar-refractivity contribution >= 4 is 10.8 Å². The van der Waals surface area contributed by atoms with Gasteiger partial charge in [-0.15, -0.1) is 0 Å². The highest BCUT2D eigenvalue weighted by Crippen LogP contribution is 2.28. The molecule has 0 spiro atoms. The molecule has 0 aliphatic heterocycles. The van der Waals surface area contributed by atoms with E-state index in [1.807, 2.05) is 72.8 Å². The minimum atomic E-state index is -0.952. The summed E-state index contributed by atoms with van der Waals surface area (Å²) >= 11 is 0. The van der Waals surface area contributed by atoms with Gasteiger partial charge in [0.25, 0.3) is 0 Å². The van der Waals surface area contributed by atoms with E-state index < -0.39 is 6.29 Å². The van der Waals surface area contributed by atoms with Crippen LogP contribution in [0.4, 0.5) is 0 Å². The molecule has 0 aliphatic carbocycles. The lowest BCUT2D eigenvalue weighted by molar-refractivity contribution is -0.0182. The third kappa shape index (κ3) is 2.44. The molecule has 0 bridgehead atoms. The first-order valence-corrected chi connectivity index (χ1v) is 6.22. The van der Waals surface area contributed by atoms with Crippen LogP contribution in [0.1, 0.15) is 11.9 Å². The van der Waals surface area contributed by atoms with Crippen molar-refractivity contribution in [2.45, 2.75) is 6.29 Å². The Balaban J connectivity index is 1.94. The average Bonchev–Trinajstić information content (AvgIpc) is 2.48. The van der Waals surface area contributed by atoms with Gasteiger partial charge in [-0.05, 0) is 11.5 Å². The largest absolute Gasteiger partial charge is 0.460 e. The number of hydrogen-bond donors (Lipinski definition) is 1. The third-order valence-electron chi connectivity index (χ3n) is 3.07. The number of rotatable bonds is 3. The van der Waals surface area contributed by atoms with E-state index in [-0.39, 0.29) is 0 Å². The topological polar surface area (TPSA) is 29.5 Å². The van der Waals surface area contributed by atoms with Crippen molar-refractivity contribution in [3.8, 4) is 5.75 Å². The van der Waals surface area contributed by atoms with Gasteiger partial charge in [0.2, 0.25) is 6.29 Å². The Bertz CT molecular complexity index is 672. The second kappa shape index (κ2) is 5.12. The zero-order valence-corrected chi connectivity index (χ0v) is 10.4. The maximum atomic E-state index is 10.1. The van der Waals surface area contributed by atoms with E-state index >= 15 is 0 Å². The minimum absolute atomic E-state index is 0.689. The van der Waals surface area contributed by atoms with Crippen molar-refractivity contribution in [2.75, 3.05) is 0 Å². The summed E-state index contributed by atoms with van der Waals surface area (Å²) in [5.74, 6) is 0.689. The Hall–Kier alpha value is -2.32. The molecule has 1 unspecified atom stereocenters. The highest BCUT2D eigenvalue weighted by Gasteiger charge is 2.10. The second-order valence-electron chi connectivity index (χ2n) is 4.36. The minimum Gasteiger partial charge on any atom is -0.460 e. The number of fused-ring (bicyclic) bond motifs is 1. The molecule has 0 aliphatic rings. The number of hydrogen-bond acceptors (Lipinski definition) is 2. The molecular weight excluding hydrogens is 236 g/mol. The van der Waals surface area contributed by atoms with Crippen LogP contribution in [0.25, 0.3) is 10.8 Å². The molecule has 2 nitrogen and oxygen atoms in total. The normalized spacial score (nSPS) is 12.3. The van der Waals surface area contributed by atoms with Crippen LogP contribution in [-0.4, -0.2) is 5.11 Å². The predicted octanol–water partition coefficient (Wildman–Crippen LogP) is 3.91. The summed E-state index contributed by atoms with van der Waals surface area (Å²) in [6.45, 7) is 0. The summed E-state index contributed by atoms with van der Waals surface area (Å²) in [6, 6.07) is 23.1. The molecule has 1 atom stereocenters. The lowest BCUT2D eigenvalue weighted by atomic mass is 10.1. The van der Waals surface area contributed by atoms with Gasteiger partial charge >= 0.3 is 0 Å². The smallest absolute Gasteiger partial charge is 0.224 e. The van der Waals surface area contributed by atoms with Crippen LogP contribution in [0.2, 0.25) is 0 Å². The van der Waals surface area contributed by atoms with Crippen molar-refractivity contribution in [3.63, 3.8) is 0 Å². The van der Waals surface area contributed by atoms with Crippen molar-refractivity contribution in [1.29, 1.82) is 0 Å². The fraction of sp³-hybridized carbons (Fsp3) is 0.0588. The molecule has 0 saturated heterocycles. The molecule has 0 fully saturated rings. The molecule has 19 heavy (non-hydrogen) atoms. The van der Waals surface area contributed by atoms with Gasteiger partial charge in [0.15, 0.2) is 0 Å².